The molecule has 0 saturated carbocycles. The molecule has 2 rings (SSSR count). The van der Waals surface area contributed by atoms with Crippen LogP contribution in [0.5, 0.6) is 5.75 Å². The topological polar surface area (TPSA) is 95.7 Å². The third kappa shape index (κ3) is 3.32. The van der Waals surface area contributed by atoms with Crippen LogP contribution in [0.3, 0.4) is 0 Å². The van der Waals surface area contributed by atoms with Crippen LogP contribution in [-0.2, 0) is 0 Å². The summed E-state index contributed by atoms with van der Waals surface area (Å²) in [6.45, 7) is 0. The number of rotatable bonds is 4. The van der Waals surface area contributed by atoms with Crippen LogP contribution in [0.25, 0.3) is 0 Å². The predicted molar refractivity (Wildman–Crippen MR) is 83.5 cm³/mol. The second kappa shape index (κ2) is 6.13. The van der Waals surface area contributed by atoms with Gasteiger partial charge in [0, 0.05) is 43.2 Å². The fourth-order valence-electron chi connectivity index (χ4n) is 1.87. The molecule has 0 spiro atoms. The molecule has 0 atom stereocenters. The minimum absolute atomic E-state index is 0.282. The SMILES string of the molecule is CN(C)c1ccc(C(=O)Nc2ccc([N+](=O)[O-])c(O)c2)cc1. The van der Waals surface area contributed by atoms with Crippen molar-refractivity contribution in [3.63, 3.8) is 0 Å². The summed E-state index contributed by atoms with van der Waals surface area (Å²) in [6, 6.07) is 10.6. The monoisotopic (exact) mass is 301 g/mol. The van der Waals surface area contributed by atoms with Crippen molar-refractivity contribution in [2.75, 3.05) is 24.3 Å². The molecule has 22 heavy (non-hydrogen) atoms. The summed E-state index contributed by atoms with van der Waals surface area (Å²) in [5.74, 6) is -0.857. The van der Waals surface area contributed by atoms with E-state index in [1.807, 2.05) is 31.1 Å². The van der Waals surface area contributed by atoms with Crippen LogP contribution in [-0.4, -0.2) is 30.0 Å². The number of phenols is 1. The largest absolute Gasteiger partial charge is 0.502 e. The number of carbonyl (C=O) groups excluding carboxylic acids is 1. The van der Waals surface area contributed by atoms with E-state index in [2.05, 4.69) is 5.32 Å². The number of hydrogen-bond acceptors (Lipinski definition) is 5. The maximum atomic E-state index is 12.1. The Balaban J connectivity index is 2.15. The number of phenolic OH excluding ortho intramolecular Hbond substituents is 1. The van der Waals surface area contributed by atoms with Crippen molar-refractivity contribution in [2.24, 2.45) is 0 Å². The molecule has 0 unspecified atom stereocenters. The number of nitrogens with zero attached hydrogens (tertiary/aromatic N) is 2. The van der Waals surface area contributed by atoms with Crippen LogP contribution in [0.15, 0.2) is 42.5 Å². The summed E-state index contributed by atoms with van der Waals surface area (Å²) >= 11 is 0. The number of carbonyl (C=O) groups is 1. The molecule has 1 amide bonds. The van der Waals surface area contributed by atoms with Crippen LogP contribution < -0.4 is 10.2 Å². The fourth-order valence-corrected chi connectivity index (χ4v) is 1.87. The van der Waals surface area contributed by atoms with Gasteiger partial charge in [0.1, 0.15) is 0 Å². The molecule has 7 heteroatoms. The van der Waals surface area contributed by atoms with E-state index >= 15 is 0 Å². The Labute approximate surface area is 127 Å². The number of hydrogen-bond donors (Lipinski definition) is 2. The van der Waals surface area contributed by atoms with Crippen molar-refractivity contribution in [2.45, 2.75) is 0 Å². The first-order valence-corrected chi connectivity index (χ1v) is 6.44. The number of anilines is 2. The van der Waals surface area contributed by atoms with Crippen molar-refractivity contribution in [1.82, 2.24) is 0 Å². The van der Waals surface area contributed by atoms with E-state index < -0.39 is 16.4 Å². The van der Waals surface area contributed by atoms with Gasteiger partial charge in [-0.3, -0.25) is 14.9 Å². The summed E-state index contributed by atoms with van der Waals surface area (Å²) in [6.07, 6.45) is 0. The molecule has 0 fully saturated rings. The van der Waals surface area contributed by atoms with E-state index in [0.29, 0.717) is 5.56 Å². The van der Waals surface area contributed by atoms with Gasteiger partial charge >= 0.3 is 5.69 Å². The van der Waals surface area contributed by atoms with Crippen molar-refractivity contribution in [1.29, 1.82) is 0 Å². The Bertz CT molecular complexity index is 711. The standard InChI is InChI=1S/C15H15N3O4/c1-17(2)12-6-3-10(4-7-12)15(20)16-11-5-8-13(18(21)22)14(19)9-11/h3-9,19H,1-2H3,(H,16,20). The lowest BCUT2D eigenvalue weighted by molar-refractivity contribution is -0.385. The molecule has 2 aromatic rings. The molecule has 0 saturated heterocycles. The molecule has 0 radical (unpaired) electrons. The molecular weight excluding hydrogens is 286 g/mol. The van der Waals surface area contributed by atoms with E-state index in [-0.39, 0.29) is 11.6 Å². The Kier molecular flexibility index (Phi) is 4.26. The Morgan fingerprint density at radius 3 is 2.32 bits per heavy atom. The van der Waals surface area contributed by atoms with Crippen LogP contribution in [0.2, 0.25) is 0 Å². The number of nitro groups is 1. The van der Waals surface area contributed by atoms with Crippen LogP contribution in [0.1, 0.15) is 10.4 Å². The van der Waals surface area contributed by atoms with Gasteiger partial charge in [-0.1, -0.05) is 0 Å². The van der Waals surface area contributed by atoms with Crippen molar-refractivity contribution < 1.29 is 14.8 Å². The molecule has 0 aliphatic carbocycles. The van der Waals surface area contributed by atoms with Crippen molar-refractivity contribution in [3.8, 4) is 5.75 Å². The zero-order chi connectivity index (χ0) is 16.3. The summed E-state index contributed by atoms with van der Waals surface area (Å²) in [4.78, 5) is 23.9. The van der Waals surface area contributed by atoms with Gasteiger partial charge < -0.3 is 15.3 Å². The first kappa shape index (κ1) is 15.3. The second-order valence-corrected chi connectivity index (χ2v) is 4.86. The molecule has 0 aromatic heterocycles. The average Bonchev–Trinajstić information content (AvgIpc) is 2.47. The van der Waals surface area contributed by atoms with E-state index in [1.165, 1.54) is 6.07 Å². The molecule has 0 aliphatic rings. The van der Waals surface area contributed by atoms with Gasteiger partial charge in [0.25, 0.3) is 5.91 Å². The summed E-state index contributed by atoms with van der Waals surface area (Å²) in [5, 5.41) is 22.7. The molecular formula is C15H15N3O4. The van der Waals surface area contributed by atoms with Crippen LogP contribution in [0, 0.1) is 10.1 Å². The van der Waals surface area contributed by atoms with Crippen molar-refractivity contribution >= 4 is 23.0 Å². The molecule has 2 aromatic carbocycles. The van der Waals surface area contributed by atoms with E-state index in [1.54, 1.807) is 12.1 Å². The van der Waals surface area contributed by atoms with E-state index in [0.717, 1.165) is 17.8 Å². The van der Waals surface area contributed by atoms with Gasteiger partial charge in [-0.15, -0.1) is 0 Å². The van der Waals surface area contributed by atoms with E-state index in [9.17, 15) is 20.0 Å². The first-order chi connectivity index (χ1) is 10.4. The fraction of sp³-hybridized carbons (Fsp3) is 0.133. The van der Waals surface area contributed by atoms with E-state index in [4.69, 9.17) is 0 Å². The number of nitrogens with one attached hydrogen (secondary N) is 1. The number of nitro benzene ring substituents is 1. The Morgan fingerprint density at radius 1 is 1.18 bits per heavy atom. The normalized spacial score (nSPS) is 10.1. The van der Waals surface area contributed by atoms with Crippen LogP contribution in [0.4, 0.5) is 17.1 Å². The smallest absolute Gasteiger partial charge is 0.310 e. The minimum Gasteiger partial charge on any atom is -0.502 e. The number of amides is 1. The summed E-state index contributed by atoms with van der Waals surface area (Å²) in [5.41, 5.74) is 1.28. The number of aromatic hydroxyl groups is 1. The predicted octanol–water partition coefficient (Wildman–Crippen LogP) is 2.62. The molecule has 7 nitrogen and oxygen atoms in total. The van der Waals surface area contributed by atoms with Gasteiger partial charge in [-0.2, -0.15) is 0 Å². The Morgan fingerprint density at radius 2 is 1.82 bits per heavy atom. The summed E-state index contributed by atoms with van der Waals surface area (Å²) in [7, 11) is 3.80. The highest BCUT2D eigenvalue weighted by Crippen LogP contribution is 2.28. The highest BCUT2D eigenvalue weighted by molar-refractivity contribution is 6.04. The maximum Gasteiger partial charge on any atom is 0.310 e. The summed E-state index contributed by atoms with van der Waals surface area (Å²) < 4.78 is 0. The lowest BCUT2D eigenvalue weighted by Gasteiger charge is -2.12. The lowest BCUT2D eigenvalue weighted by Crippen LogP contribution is -2.13. The quantitative estimate of drug-likeness (QED) is 0.668. The Hall–Kier alpha value is -3.09. The van der Waals surface area contributed by atoms with Gasteiger partial charge in [0.05, 0.1) is 4.92 Å². The highest BCUT2D eigenvalue weighted by Gasteiger charge is 2.14. The molecule has 114 valence electrons. The maximum absolute atomic E-state index is 12.1. The average molecular weight is 301 g/mol. The number of benzene rings is 2. The zero-order valence-electron chi connectivity index (χ0n) is 12.1. The third-order valence-electron chi connectivity index (χ3n) is 3.08. The van der Waals surface area contributed by atoms with Crippen LogP contribution >= 0.6 is 0 Å². The third-order valence-corrected chi connectivity index (χ3v) is 3.08. The van der Waals surface area contributed by atoms with Crippen molar-refractivity contribution in [3.05, 3.63) is 58.1 Å². The highest BCUT2D eigenvalue weighted by atomic mass is 16.6. The molecule has 0 bridgehead atoms. The molecule has 0 heterocycles. The zero-order valence-corrected chi connectivity index (χ0v) is 12.1. The minimum atomic E-state index is -0.694. The lowest BCUT2D eigenvalue weighted by atomic mass is 10.1. The van der Waals surface area contributed by atoms with Gasteiger partial charge in [-0.05, 0) is 30.3 Å². The van der Waals surface area contributed by atoms with Gasteiger partial charge in [-0.25, -0.2) is 0 Å². The van der Waals surface area contributed by atoms with Gasteiger partial charge in [0.2, 0.25) is 0 Å². The first-order valence-electron chi connectivity index (χ1n) is 6.44. The second-order valence-electron chi connectivity index (χ2n) is 4.86. The molecule has 2 N–H and O–H groups in total. The molecule has 0 aliphatic heterocycles. The van der Waals surface area contributed by atoms with Gasteiger partial charge in [0.15, 0.2) is 5.75 Å².